The van der Waals surface area contributed by atoms with E-state index in [1.165, 1.54) is 13.2 Å². The Balaban J connectivity index is 1.84. The summed E-state index contributed by atoms with van der Waals surface area (Å²) in [7, 11) is 4.70. The first-order chi connectivity index (χ1) is 14.0. The normalized spacial score (nSPS) is 21.2. The van der Waals surface area contributed by atoms with Crippen LogP contribution in [0.1, 0.15) is 12.0 Å². The van der Waals surface area contributed by atoms with E-state index < -0.39 is 11.5 Å². The highest BCUT2D eigenvalue weighted by Gasteiger charge is 2.55. The topological polar surface area (TPSA) is 54.2 Å². The minimum Gasteiger partial charge on any atom is -0.497 e. The van der Waals surface area contributed by atoms with Crippen molar-refractivity contribution in [3.05, 3.63) is 47.8 Å². The van der Waals surface area contributed by atoms with Crippen LogP contribution < -0.4 is 19.1 Å². The van der Waals surface area contributed by atoms with Gasteiger partial charge in [-0.2, -0.15) is 0 Å². The Hall–Kier alpha value is -2.45. The summed E-state index contributed by atoms with van der Waals surface area (Å²) in [6, 6.07) is 10.1. The second-order valence-corrected chi connectivity index (χ2v) is 7.98. The molecule has 2 aliphatic heterocycles. The molecule has 0 aliphatic carbocycles. The van der Waals surface area contributed by atoms with Crippen LogP contribution in [0.4, 0.5) is 10.1 Å². The molecule has 2 aromatic carbocycles. The van der Waals surface area contributed by atoms with Gasteiger partial charge in [-0.1, -0.05) is 0 Å². The van der Waals surface area contributed by atoms with E-state index in [0.717, 1.165) is 23.0 Å². The average molecular weight is 419 g/mol. The third kappa shape index (κ3) is 3.30. The molecule has 29 heavy (non-hydrogen) atoms. The Morgan fingerprint density at radius 2 is 1.79 bits per heavy atom. The van der Waals surface area contributed by atoms with E-state index in [1.807, 2.05) is 27.7 Å². The largest absolute Gasteiger partial charge is 0.497 e. The zero-order valence-corrected chi connectivity index (χ0v) is 17.5. The van der Waals surface area contributed by atoms with Crippen LogP contribution >= 0.6 is 11.8 Å². The van der Waals surface area contributed by atoms with Crippen molar-refractivity contribution in [1.29, 1.82) is 0 Å². The molecule has 1 N–H and O–H groups in total. The fourth-order valence-electron chi connectivity index (χ4n) is 3.87. The van der Waals surface area contributed by atoms with Gasteiger partial charge in [-0.3, -0.25) is 0 Å². The molecule has 0 unspecified atom stereocenters. The van der Waals surface area contributed by atoms with Crippen molar-refractivity contribution in [2.45, 2.75) is 12.1 Å². The summed E-state index contributed by atoms with van der Waals surface area (Å²) in [5.74, 6) is 2.18. The number of halogens is 1. The Bertz CT molecular complexity index is 968. The van der Waals surface area contributed by atoms with E-state index in [4.69, 9.17) is 14.2 Å². The van der Waals surface area contributed by atoms with Gasteiger partial charge < -0.3 is 19.3 Å². The standard InChI is InChI=1S/C21H24FN2O4S/c1-26-14-5-7-16(17(22)11-14)21(25)13-23(20-24(21)9-4-10-29-20)18-12-15(27-2)6-8-19(18)28-3/h5-8,11-12,25H,4,9-10,13H2,1-3H3/q+1/t21-/m1/s1. The summed E-state index contributed by atoms with van der Waals surface area (Å²) in [6.07, 6.45) is 0.900. The maximum atomic E-state index is 14.9. The van der Waals surface area contributed by atoms with Crippen LogP contribution in [0.2, 0.25) is 0 Å². The van der Waals surface area contributed by atoms with Gasteiger partial charge in [0.1, 0.15) is 17.3 Å². The van der Waals surface area contributed by atoms with Crippen LogP contribution in [-0.2, 0) is 5.72 Å². The number of hydrogen-bond donors (Lipinski definition) is 1. The van der Waals surface area contributed by atoms with E-state index in [1.54, 1.807) is 38.1 Å². The third-order valence-electron chi connectivity index (χ3n) is 5.33. The molecule has 0 radical (unpaired) electrons. The molecule has 0 saturated carbocycles. The van der Waals surface area contributed by atoms with Gasteiger partial charge in [0.25, 0.3) is 5.72 Å². The highest BCUT2D eigenvalue weighted by molar-refractivity contribution is 8.13. The van der Waals surface area contributed by atoms with Gasteiger partial charge in [0, 0.05) is 17.9 Å². The van der Waals surface area contributed by atoms with Crippen LogP contribution in [0.15, 0.2) is 36.4 Å². The van der Waals surface area contributed by atoms with Crippen molar-refractivity contribution in [2.24, 2.45) is 0 Å². The summed E-state index contributed by atoms with van der Waals surface area (Å²) in [4.78, 5) is 1.98. The Morgan fingerprint density at radius 1 is 1.07 bits per heavy atom. The van der Waals surface area contributed by atoms with Crippen LogP contribution in [0.5, 0.6) is 17.2 Å². The Kier molecular flexibility index (Phi) is 5.31. The maximum absolute atomic E-state index is 14.9. The molecule has 0 bridgehead atoms. The molecule has 0 saturated heterocycles. The molecule has 8 heteroatoms. The number of thioether (sulfide) groups is 1. The van der Waals surface area contributed by atoms with Crippen molar-refractivity contribution < 1.29 is 28.3 Å². The summed E-state index contributed by atoms with van der Waals surface area (Å²) in [5, 5.41) is 12.6. The number of methoxy groups -OCH3 is 3. The lowest BCUT2D eigenvalue weighted by Gasteiger charge is -2.24. The van der Waals surface area contributed by atoms with E-state index in [2.05, 4.69) is 0 Å². The monoisotopic (exact) mass is 419 g/mol. The average Bonchev–Trinajstić information content (AvgIpc) is 3.06. The molecule has 154 valence electrons. The summed E-state index contributed by atoms with van der Waals surface area (Å²) in [5.41, 5.74) is -0.513. The first kappa shape index (κ1) is 19.8. The second kappa shape index (κ2) is 7.76. The minimum atomic E-state index is -1.51. The van der Waals surface area contributed by atoms with E-state index >= 15 is 0 Å². The summed E-state index contributed by atoms with van der Waals surface area (Å²) < 4.78 is 32.9. The molecule has 2 heterocycles. The lowest BCUT2D eigenvalue weighted by Crippen LogP contribution is -2.42. The van der Waals surface area contributed by atoms with Gasteiger partial charge >= 0.3 is 5.17 Å². The third-order valence-corrected chi connectivity index (χ3v) is 6.52. The number of benzene rings is 2. The quantitative estimate of drug-likeness (QED) is 0.752. The van der Waals surface area contributed by atoms with Gasteiger partial charge in [0.2, 0.25) is 0 Å². The zero-order valence-electron chi connectivity index (χ0n) is 16.6. The van der Waals surface area contributed by atoms with Crippen LogP contribution in [0.3, 0.4) is 0 Å². The number of amidine groups is 1. The van der Waals surface area contributed by atoms with E-state index in [0.29, 0.717) is 23.8 Å². The first-order valence-electron chi connectivity index (χ1n) is 9.35. The predicted octanol–water partition coefficient (Wildman–Crippen LogP) is 3.02. The van der Waals surface area contributed by atoms with Gasteiger partial charge in [-0.15, -0.1) is 0 Å². The first-order valence-corrected chi connectivity index (χ1v) is 10.3. The van der Waals surface area contributed by atoms with E-state index in [9.17, 15) is 9.50 Å². The fourth-order valence-corrected chi connectivity index (χ4v) is 5.05. The molecule has 6 nitrogen and oxygen atoms in total. The number of hydrogen-bond acceptors (Lipinski definition) is 6. The molecule has 0 fully saturated rings. The predicted molar refractivity (Wildman–Crippen MR) is 111 cm³/mol. The number of aliphatic hydroxyl groups is 1. The van der Waals surface area contributed by atoms with Gasteiger partial charge in [0.15, 0.2) is 18.0 Å². The number of anilines is 1. The molecular weight excluding hydrogens is 395 g/mol. The number of nitrogens with zero attached hydrogens (tertiary/aromatic N) is 2. The zero-order chi connectivity index (χ0) is 20.6. The second-order valence-electron chi connectivity index (χ2n) is 6.92. The number of ether oxygens (including phenoxy) is 3. The minimum absolute atomic E-state index is 0.169. The lowest BCUT2D eigenvalue weighted by molar-refractivity contribution is -0.657. The summed E-state index contributed by atoms with van der Waals surface area (Å²) >= 11 is 1.64. The SMILES string of the molecule is COc1ccc([C@]2(O)CN(c3cc(OC)ccc3OC)C3=[N+]2CCCS3)c(F)c1. The molecule has 4 rings (SSSR count). The van der Waals surface area contributed by atoms with Crippen molar-refractivity contribution >= 4 is 22.6 Å². The van der Waals surface area contributed by atoms with Crippen LogP contribution in [0, 0.1) is 5.82 Å². The van der Waals surface area contributed by atoms with Crippen LogP contribution in [-0.4, -0.2) is 55.0 Å². The number of β-amino-alcohol motifs (C(OH)–C–C–N with tert-alkyl or cyclic N) is 1. The molecule has 1 atom stereocenters. The molecule has 2 aliphatic rings. The fraction of sp³-hybridized carbons (Fsp3) is 0.381. The molecule has 2 aromatic rings. The highest BCUT2D eigenvalue weighted by atomic mass is 32.2. The molecule has 0 aromatic heterocycles. The Morgan fingerprint density at radius 3 is 2.48 bits per heavy atom. The summed E-state index contributed by atoms with van der Waals surface area (Å²) in [6.45, 7) is 0.801. The van der Waals surface area contributed by atoms with Crippen molar-refractivity contribution in [1.82, 2.24) is 0 Å². The van der Waals surface area contributed by atoms with E-state index in [-0.39, 0.29) is 12.1 Å². The van der Waals surface area contributed by atoms with Gasteiger partial charge in [-0.25, -0.2) is 13.9 Å². The lowest BCUT2D eigenvalue weighted by atomic mass is 10.0. The highest BCUT2D eigenvalue weighted by Crippen LogP contribution is 2.42. The van der Waals surface area contributed by atoms with Gasteiger partial charge in [-0.05, 0) is 42.4 Å². The van der Waals surface area contributed by atoms with Crippen molar-refractivity contribution in [2.75, 3.05) is 45.1 Å². The maximum Gasteiger partial charge on any atom is 0.316 e. The molecular formula is C21H24FN2O4S+. The van der Waals surface area contributed by atoms with Crippen molar-refractivity contribution in [3.8, 4) is 17.2 Å². The Labute approximate surface area is 173 Å². The number of rotatable bonds is 5. The van der Waals surface area contributed by atoms with Gasteiger partial charge in [0.05, 0.1) is 33.4 Å². The molecule has 0 amide bonds. The molecule has 0 spiro atoms. The van der Waals surface area contributed by atoms with Crippen molar-refractivity contribution in [3.63, 3.8) is 0 Å². The smallest absolute Gasteiger partial charge is 0.316 e. The van der Waals surface area contributed by atoms with Crippen LogP contribution in [0.25, 0.3) is 0 Å².